The lowest BCUT2D eigenvalue weighted by Crippen LogP contribution is -2.19. The van der Waals surface area contributed by atoms with Crippen molar-refractivity contribution < 1.29 is 0 Å². The van der Waals surface area contributed by atoms with Crippen molar-refractivity contribution >= 4 is 38.7 Å². The number of hydrogen-bond acceptors (Lipinski definition) is 2. The van der Waals surface area contributed by atoms with Gasteiger partial charge in [0.2, 0.25) is 0 Å². The molecule has 2 unspecified atom stereocenters. The molecule has 51 heavy (non-hydrogen) atoms. The Bertz CT molecular complexity index is 2450. The molecule has 1 aliphatic rings. The van der Waals surface area contributed by atoms with Gasteiger partial charge in [-0.1, -0.05) is 146 Å². The van der Waals surface area contributed by atoms with Gasteiger partial charge in [0.05, 0.1) is 16.7 Å². The summed E-state index contributed by atoms with van der Waals surface area (Å²) in [5.41, 5.74) is 11.9. The lowest BCUT2D eigenvalue weighted by atomic mass is 9.75. The van der Waals surface area contributed by atoms with Crippen LogP contribution in [0.25, 0.3) is 38.6 Å². The maximum absolute atomic E-state index is 8.80. The van der Waals surface area contributed by atoms with Crippen LogP contribution in [0.5, 0.6) is 0 Å². The van der Waals surface area contributed by atoms with Gasteiger partial charge in [-0.05, 0) is 87.9 Å². The second-order valence-electron chi connectivity index (χ2n) is 13.1. The third-order valence-electron chi connectivity index (χ3n) is 9.93. The maximum atomic E-state index is 8.80. The van der Waals surface area contributed by atoms with Gasteiger partial charge in [-0.15, -0.1) is 0 Å². The van der Waals surface area contributed by atoms with E-state index in [9.17, 15) is 0 Å². The highest BCUT2D eigenvalue weighted by Gasteiger charge is 2.28. The summed E-state index contributed by atoms with van der Waals surface area (Å²) < 4.78 is 2.37. The average Bonchev–Trinajstić information content (AvgIpc) is 3.52. The molecule has 1 aliphatic carbocycles. The second kappa shape index (κ2) is 14.2. The summed E-state index contributed by atoms with van der Waals surface area (Å²) in [6.45, 7) is 2.34. The minimum Gasteiger partial charge on any atom is -0.361 e. The van der Waals surface area contributed by atoms with Gasteiger partial charge < -0.3 is 15.3 Å². The van der Waals surface area contributed by atoms with Crippen molar-refractivity contribution in [2.45, 2.75) is 12.8 Å². The molecule has 0 spiro atoms. The molecule has 0 bridgehead atoms. The lowest BCUT2D eigenvalue weighted by Gasteiger charge is -2.30. The van der Waals surface area contributed by atoms with E-state index in [0.29, 0.717) is 5.71 Å². The first-order valence-electron chi connectivity index (χ1n) is 17.6. The number of aromatic nitrogens is 1. The molecule has 1 aromatic heterocycles. The monoisotopic (exact) mass is 657 g/mol. The van der Waals surface area contributed by atoms with Crippen LogP contribution in [0.1, 0.15) is 35.1 Å². The SMILES string of the molecule is CC1C(c2ccccc2)=C(N/C=C/C(=C\C(=N)c2ccccc2)c2ccccc2)C=CC1c1ccc2c(c1)c1ccccc1n2-c1ccccc1. The Kier molecular flexibility index (Phi) is 8.84. The normalized spacial score (nSPS) is 16.3. The van der Waals surface area contributed by atoms with Crippen LogP contribution in [-0.2, 0) is 0 Å². The van der Waals surface area contributed by atoms with E-state index in [4.69, 9.17) is 5.41 Å². The first-order valence-corrected chi connectivity index (χ1v) is 17.6. The number of para-hydroxylation sites is 2. The second-order valence-corrected chi connectivity index (χ2v) is 13.1. The van der Waals surface area contributed by atoms with Crippen LogP contribution in [0, 0.1) is 11.3 Å². The van der Waals surface area contributed by atoms with Crippen molar-refractivity contribution in [3.8, 4) is 5.69 Å². The summed E-state index contributed by atoms with van der Waals surface area (Å²) in [4.78, 5) is 0. The van der Waals surface area contributed by atoms with Gasteiger partial charge in [0.1, 0.15) is 0 Å². The van der Waals surface area contributed by atoms with Gasteiger partial charge in [-0.3, -0.25) is 0 Å². The molecule has 0 fully saturated rings. The minimum atomic E-state index is 0.198. The van der Waals surface area contributed by atoms with E-state index in [0.717, 1.165) is 22.4 Å². The first kappa shape index (κ1) is 31.8. The molecule has 7 aromatic rings. The smallest absolute Gasteiger partial charge is 0.0618 e. The van der Waals surface area contributed by atoms with E-state index < -0.39 is 0 Å². The molecular formula is C48H39N3. The van der Waals surface area contributed by atoms with Gasteiger partial charge in [-0.2, -0.15) is 0 Å². The zero-order chi connectivity index (χ0) is 34.6. The van der Waals surface area contributed by atoms with Crippen LogP contribution in [-0.4, -0.2) is 10.3 Å². The Morgan fingerprint density at radius 3 is 1.98 bits per heavy atom. The summed E-state index contributed by atoms with van der Waals surface area (Å²) >= 11 is 0. The lowest BCUT2D eigenvalue weighted by molar-refractivity contribution is 0.645. The molecule has 0 amide bonds. The number of nitrogens with zero attached hydrogens (tertiary/aromatic N) is 1. The number of allylic oxidation sites excluding steroid dienone is 6. The predicted molar refractivity (Wildman–Crippen MR) is 215 cm³/mol. The molecule has 2 N–H and O–H groups in total. The predicted octanol–water partition coefficient (Wildman–Crippen LogP) is 11.7. The maximum Gasteiger partial charge on any atom is 0.0618 e. The van der Waals surface area contributed by atoms with Crippen molar-refractivity contribution in [3.05, 3.63) is 222 Å². The minimum absolute atomic E-state index is 0.198. The van der Waals surface area contributed by atoms with Crippen LogP contribution in [0.3, 0.4) is 0 Å². The molecule has 0 saturated carbocycles. The van der Waals surface area contributed by atoms with Crippen molar-refractivity contribution in [2.75, 3.05) is 0 Å². The zero-order valence-electron chi connectivity index (χ0n) is 28.6. The summed E-state index contributed by atoms with van der Waals surface area (Å²) in [7, 11) is 0. The molecule has 3 nitrogen and oxygen atoms in total. The Balaban J connectivity index is 1.15. The Morgan fingerprint density at radius 2 is 1.25 bits per heavy atom. The standard InChI is InChI=1S/C48H39N3/c1-34-41(39-26-29-47-43(32-39)42-24-14-15-25-46(42)51(47)40-22-12-5-13-23-40)27-28-45(48(34)37-20-10-4-11-21-37)50-31-30-38(35-16-6-2-7-17-35)33-44(49)36-18-8-3-9-19-36/h2-34,41,49-50H,1H3/b31-30+,38-33+,49-44?. The van der Waals surface area contributed by atoms with Crippen molar-refractivity contribution in [1.29, 1.82) is 5.41 Å². The largest absolute Gasteiger partial charge is 0.361 e. The number of nitrogens with one attached hydrogen (secondary N) is 2. The highest BCUT2D eigenvalue weighted by Crippen LogP contribution is 2.43. The third kappa shape index (κ3) is 6.38. The Hall–Kier alpha value is -6.45. The molecule has 1 heterocycles. The molecule has 8 rings (SSSR count). The van der Waals surface area contributed by atoms with Crippen LogP contribution < -0.4 is 5.32 Å². The fourth-order valence-electron chi connectivity index (χ4n) is 7.43. The topological polar surface area (TPSA) is 40.8 Å². The molecule has 3 heteroatoms. The van der Waals surface area contributed by atoms with Crippen LogP contribution in [0.15, 0.2) is 200 Å². The molecule has 246 valence electrons. The molecule has 6 aromatic carbocycles. The van der Waals surface area contributed by atoms with Gasteiger partial charge in [0.15, 0.2) is 0 Å². The molecule has 0 saturated heterocycles. The number of fused-ring (bicyclic) bond motifs is 3. The number of rotatable bonds is 9. The fraction of sp³-hybridized carbons (Fsp3) is 0.0625. The van der Waals surface area contributed by atoms with E-state index in [1.807, 2.05) is 60.8 Å². The molecule has 0 aliphatic heterocycles. The Morgan fingerprint density at radius 1 is 0.647 bits per heavy atom. The van der Waals surface area contributed by atoms with Crippen molar-refractivity contribution in [1.82, 2.24) is 9.88 Å². The average molecular weight is 658 g/mol. The van der Waals surface area contributed by atoms with E-state index in [2.05, 4.69) is 150 Å². The highest BCUT2D eigenvalue weighted by atomic mass is 15.0. The highest BCUT2D eigenvalue weighted by molar-refractivity contribution is 6.11. The van der Waals surface area contributed by atoms with Gasteiger partial charge in [-0.25, -0.2) is 0 Å². The van der Waals surface area contributed by atoms with Crippen LogP contribution >= 0.6 is 0 Å². The first-order chi connectivity index (χ1) is 25.2. The van der Waals surface area contributed by atoms with Crippen molar-refractivity contribution in [2.24, 2.45) is 5.92 Å². The number of hydrogen-bond donors (Lipinski definition) is 2. The quantitative estimate of drug-likeness (QED) is 0.118. The fourth-order valence-corrected chi connectivity index (χ4v) is 7.43. The summed E-state index contributed by atoms with van der Waals surface area (Å²) in [5.74, 6) is 0.410. The van der Waals surface area contributed by atoms with E-state index in [1.165, 1.54) is 44.2 Å². The molecule has 2 atom stereocenters. The van der Waals surface area contributed by atoms with E-state index >= 15 is 0 Å². The zero-order valence-corrected chi connectivity index (χ0v) is 28.6. The van der Waals surface area contributed by atoms with Crippen LogP contribution in [0.4, 0.5) is 0 Å². The van der Waals surface area contributed by atoms with Crippen molar-refractivity contribution in [3.63, 3.8) is 0 Å². The van der Waals surface area contributed by atoms with Gasteiger partial charge >= 0.3 is 0 Å². The van der Waals surface area contributed by atoms with E-state index in [1.54, 1.807) is 0 Å². The van der Waals surface area contributed by atoms with Gasteiger partial charge in [0.25, 0.3) is 0 Å². The number of benzene rings is 6. The van der Waals surface area contributed by atoms with Crippen LogP contribution in [0.2, 0.25) is 0 Å². The summed E-state index contributed by atoms with van der Waals surface area (Å²) in [5, 5.41) is 15.0. The molecular weight excluding hydrogens is 619 g/mol. The summed E-state index contributed by atoms with van der Waals surface area (Å²) in [6.07, 6.45) is 10.6. The summed E-state index contributed by atoms with van der Waals surface area (Å²) in [6, 6.07) is 57.2. The third-order valence-corrected chi connectivity index (χ3v) is 9.93. The molecule has 0 radical (unpaired) electrons. The Labute approximate surface area is 299 Å². The van der Waals surface area contributed by atoms with Gasteiger partial charge in [0, 0.05) is 34.3 Å². The van der Waals surface area contributed by atoms with E-state index in [-0.39, 0.29) is 11.8 Å².